The van der Waals surface area contributed by atoms with Crippen molar-refractivity contribution in [2.45, 2.75) is 290 Å². The maximum atomic E-state index is 13.1. The van der Waals surface area contributed by atoms with Crippen molar-refractivity contribution in [3.05, 3.63) is 170 Å². The first kappa shape index (κ1) is 96.4. The van der Waals surface area contributed by atoms with E-state index in [0.717, 1.165) is 141 Å². The van der Waals surface area contributed by atoms with Gasteiger partial charge in [0.25, 0.3) is 0 Å². The summed E-state index contributed by atoms with van der Waals surface area (Å²) < 4.78 is 68.2. The number of unbranched alkanes of at least 4 members (excludes halogenated alkanes) is 18. The van der Waals surface area contributed by atoms with Gasteiger partial charge >= 0.3 is 39.5 Å². The zero-order valence-corrected chi connectivity index (χ0v) is 64.8. The van der Waals surface area contributed by atoms with Crippen LogP contribution < -0.4 is 0 Å². The molecule has 17 nitrogen and oxygen atoms in total. The second-order valence-electron chi connectivity index (χ2n) is 24.8. The molecule has 0 aromatic carbocycles. The van der Waals surface area contributed by atoms with Gasteiger partial charge in [0.2, 0.25) is 0 Å². The predicted molar refractivity (Wildman–Crippen MR) is 417 cm³/mol. The zero-order chi connectivity index (χ0) is 74.6. The number of aliphatic hydroxyl groups excluding tert-OH is 1. The predicted octanol–water partition coefficient (Wildman–Crippen LogP) is 22.2. The molecule has 0 aliphatic heterocycles. The van der Waals surface area contributed by atoms with Gasteiger partial charge in [-0.1, -0.05) is 301 Å². The molecule has 3 N–H and O–H groups in total. The first-order valence-corrected chi connectivity index (χ1v) is 41.4. The second-order valence-corrected chi connectivity index (χ2v) is 27.7. The van der Waals surface area contributed by atoms with E-state index in [1.807, 2.05) is 30.4 Å². The summed E-state index contributed by atoms with van der Waals surface area (Å²) in [5.41, 5.74) is 0. The van der Waals surface area contributed by atoms with Gasteiger partial charge in [0.15, 0.2) is 12.2 Å². The lowest BCUT2D eigenvalue weighted by atomic mass is 10.0. The van der Waals surface area contributed by atoms with E-state index in [-0.39, 0.29) is 25.7 Å². The Bertz CT molecular complexity index is 2600. The lowest BCUT2D eigenvalue weighted by molar-refractivity contribution is -0.160. The van der Waals surface area contributed by atoms with Crippen molar-refractivity contribution in [3.63, 3.8) is 0 Å². The Morgan fingerprint density at radius 3 is 0.912 bits per heavy atom. The number of esters is 4. The number of carbonyl (C=O) groups excluding carboxylic acids is 4. The number of hydrogen-bond acceptors (Lipinski definition) is 15. The van der Waals surface area contributed by atoms with Gasteiger partial charge in [-0.3, -0.25) is 37.3 Å². The van der Waals surface area contributed by atoms with Crippen LogP contribution in [0, 0.1) is 0 Å². The Hall–Kier alpha value is -5.58. The van der Waals surface area contributed by atoms with Crippen LogP contribution in [0.1, 0.15) is 272 Å². The zero-order valence-electron chi connectivity index (χ0n) is 63.0. The van der Waals surface area contributed by atoms with Crippen LogP contribution in [-0.4, -0.2) is 96.7 Å². The SMILES string of the molecule is CC/C=C\C/C=C\C/C=C\C/C=C\C/C=C\CC(=O)OCC(COP(=O)(O)OCC(O)COP(=O)(O)OCC(COC(=O)CCCCCCCC/C=C\C/C=C\C/C=C\C/C=C\CC)OC(=O)C/C=C\C/C=C\C/C=C\C/C=C\C/C=C\CC)OC(=O)CCCCCCCCCCCCCCC. The van der Waals surface area contributed by atoms with E-state index in [9.17, 15) is 43.2 Å². The monoisotopic (exact) mass is 1460 g/mol. The number of carbonyl (C=O) groups is 4. The first-order valence-electron chi connectivity index (χ1n) is 38.4. The lowest BCUT2D eigenvalue weighted by Crippen LogP contribution is -2.30. The molecular formula is C83H134O17P2. The molecule has 0 aliphatic rings. The molecule has 0 aromatic heterocycles. The van der Waals surface area contributed by atoms with Crippen molar-refractivity contribution >= 4 is 39.5 Å². The van der Waals surface area contributed by atoms with Crippen molar-refractivity contribution in [1.82, 2.24) is 0 Å². The second kappa shape index (κ2) is 73.7. The van der Waals surface area contributed by atoms with Crippen molar-refractivity contribution in [2.75, 3.05) is 39.6 Å². The fraction of sp³-hybridized carbons (Fsp3) is 0.614. The molecular weight excluding hydrogens is 1330 g/mol. The van der Waals surface area contributed by atoms with Gasteiger partial charge in [0.05, 0.1) is 39.3 Å². The normalized spacial score (nSPS) is 14.9. The quantitative estimate of drug-likeness (QED) is 0.0169. The molecule has 0 heterocycles. The summed E-state index contributed by atoms with van der Waals surface area (Å²) in [6.45, 7) is 4.26. The molecule has 0 spiro atoms. The lowest BCUT2D eigenvalue weighted by Gasteiger charge is -2.21. The molecule has 0 rings (SSSR count). The molecule has 0 aliphatic carbocycles. The molecule has 5 unspecified atom stereocenters. The van der Waals surface area contributed by atoms with Gasteiger partial charge in [-0.15, -0.1) is 0 Å². The highest BCUT2D eigenvalue weighted by molar-refractivity contribution is 7.47. The van der Waals surface area contributed by atoms with Crippen LogP contribution >= 0.6 is 15.6 Å². The van der Waals surface area contributed by atoms with Crippen LogP contribution in [0.5, 0.6) is 0 Å². The topological polar surface area (TPSA) is 237 Å². The highest BCUT2D eigenvalue weighted by atomic mass is 31.2. The number of hydrogen-bond donors (Lipinski definition) is 3. The fourth-order valence-corrected chi connectivity index (χ4v) is 11.1. The van der Waals surface area contributed by atoms with E-state index in [4.69, 9.17) is 37.0 Å². The molecule has 0 saturated heterocycles. The summed E-state index contributed by atoms with van der Waals surface area (Å²) in [6.07, 6.45) is 86.9. The van der Waals surface area contributed by atoms with Crippen molar-refractivity contribution in [2.24, 2.45) is 0 Å². The van der Waals surface area contributed by atoms with Gasteiger partial charge < -0.3 is 33.8 Å². The van der Waals surface area contributed by atoms with Crippen LogP contribution in [-0.2, 0) is 65.4 Å². The average Bonchev–Trinajstić information content (AvgIpc) is 0.909. The van der Waals surface area contributed by atoms with E-state index in [0.29, 0.717) is 25.7 Å². The van der Waals surface area contributed by atoms with E-state index in [2.05, 4.69) is 149 Å². The highest BCUT2D eigenvalue weighted by Gasteiger charge is 2.30. The Kier molecular flexibility index (Phi) is 69.7. The number of aliphatic hydroxyl groups is 1. The molecule has 0 amide bonds. The molecule has 578 valence electrons. The maximum Gasteiger partial charge on any atom is 0.472 e. The van der Waals surface area contributed by atoms with Crippen LogP contribution in [0.3, 0.4) is 0 Å². The standard InChI is InChI=1S/C83H134O17P2/c1-5-9-13-17-21-25-29-33-36-37-38-39-42-45-48-52-56-60-64-68-81(86)94-74-79(100-83(88)70-66-62-58-54-50-46-41-35-31-27-23-19-15-11-7-3)76-98-102(91,92)96-72-77(84)71-95-101(89,90)97-75-78(99-82(87)69-65-61-57-53-49-43-32-28-24-20-16-12-8-4)73-93-80(85)67-63-59-55-51-47-44-40-34-30-26-22-18-14-10-6-2/h9-11,13-15,21-23,25-27,33-36,38-41,47,50-51,54,59,62-63,66,77-79,84H,5-8,12,16-20,24,28-32,37,42-46,48-49,52-53,55-58,60-61,64-65,67-76H2,1-4H3,(H,89,90)(H,91,92)/b13-9-,14-10-,15-11-,25-21-,26-22-,27-23-,36-33-,39-38-,40-34-,41-35-,51-47-,54-50-,63-59-,66-62-. The van der Waals surface area contributed by atoms with Crippen LogP contribution in [0.4, 0.5) is 0 Å². The third kappa shape index (κ3) is 72.8. The maximum absolute atomic E-state index is 13.1. The van der Waals surface area contributed by atoms with Gasteiger partial charge in [-0.05, 0) is 116 Å². The van der Waals surface area contributed by atoms with Crippen molar-refractivity contribution in [1.29, 1.82) is 0 Å². The molecule has 5 atom stereocenters. The fourth-order valence-electron chi connectivity index (χ4n) is 9.54. The van der Waals surface area contributed by atoms with Crippen molar-refractivity contribution < 1.29 is 80.2 Å². The Balaban J connectivity index is 5.49. The molecule has 102 heavy (non-hydrogen) atoms. The Labute approximate surface area is 616 Å². The van der Waals surface area contributed by atoms with Gasteiger partial charge in [-0.2, -0.15) is 0 Å². The summed E-state index contributed by atoms with van der Waals surface area (Å²) in [5, 5.41) is 10.6. The summed E-state index contributed by atoms with van der Waals surface area (Å²) in [7, 11) is -10.0. The molecule has 0 bridgehead atoms. The van der Waals surface area contributed by atoms with Crippen LogP contribution in [0.2, 0.25) is 0 Å². The summed E-state index contributed by atoms with van der Waals surface area (Å²) in [6, 6.07) is 0. The number of allylic oxidation sites excluding steroid dienone is 26. The van der Waals surface area contributed by atoms with Gasteiger partial charge in [0, 0.05) is 12.8 Å². The van der Waals surface area contributed by atoms with Gasteiger partial charge in [-0.25, -0.2) is 9.13 Å². The van der Waals surface area contributed by atoms with E-state index >= 15 is 0 Å². The van der Waals surface area contributed by atoms with Crippen LogP contribution in [0.15, 0.2) is 170 Å². The van der Waals surface area contributed by atoms with E-state index in [1.54, 1.807) is 18.2 Å². The molecule has 19 heteroatoms. The smallest absolute Gasteiger partial charge is 0.462 e. The summed E-state index contributed by atoms with van der Waals surface area (Å²) in [5.74, 6) is -2.50. The number of phosphoric acid groups is 2. The average molecular weight is 1470 g/mol. The summed E-state index contributed by atoms with van der Waals surface area (Å²) in [4.78, 5) is 72.8. The van der Waals surface area contributed by atoms with E-state index < -0.39 is 97.5 Å². The van der Waals surface area contributed by atoms with Gasteiger partial charge in [0.1, 0.15) is 19.3 Å². The Morgan fingerprint density at radius 1 is 0.294 bits per heavy atom. The van der Waals surface area contributed by atoms with E-state index in [1.165, 1.54) is 51.4 Å². The number of phosphoric ester groups is 2. The minimum Gasteiger partial charge on any atom is -0.462 e. The third-order valence-corrected chi connectivity index (χ3v) is 17.2. The number of rotatable bonds is 70. The molecule has 0 fully saturated rings. The minimum atomic E-state index is -5.02. The molecule has 0 saturated carbocycles. The Morgan fingerprint density at radius 2 is 0.559 bits per heavy atom. The van der Waals surface area contributed by atoms with Crippen molar-refractivity contribution in [3.8, 4) is 0 Å². The van der Waals surface area contributed by atoms with Crippen LogP contribution in [0.25, 0.3) is 0 Å². The minimum absolute atomic E-state index is 0.0705. The molecule has 0 radical (unpaired) electrons. The first-order chi connectivity index (χ1) is 49.7. The molecule has 0 aromatic rings. The largest absolute Gasteiger partial charge is 0.472 e. The highest BCUT2D eigenvalue weighted by Crippen LogP contribution is 2.45. The third-order valence-electron chi connectivity index (χ3n) is 15.3. The number of ether oxygens (including phenoxy) is 4. The summed E-state index contributed by atoms with van der Waals surface area (Å²) >= 11 is 0.